The van der Waals surface area contributed by atoms with Crippen molar-refractivity contribution < 1.29 is 9.00 Å². The van der Waals surface area contributed by atoms with E-state index in [1.165, 1.54) is 4.90 Å². The Morgan fingerprint density at radius 1 is 1.14 bits per heavy atom. The van der Waals surface area contributed by atoms with Crippen LogP contribution in [0.4, 0.5) is 0 Å². The van der Waals surface area contributed by atoms with Gasteiger partial charge in [0, 0.05) is 21.4 Å². The first-order valence-electron chi connectivity index (χ1n) is 6.46. The molecule has 0 radical (unpaired) electrons. The number of hydrogen-bond donors (Lipinski definition) is 1. The van der Waals surface area contributed by atoms with Crippen LogP contribution in [0, 0.1) is 0 Å². The SMILES string of the molecule is CSc1ccc(-c2ccccc2C[S@](=O)CC(N)=O)cc1. The van der Waals surface area contributed by atoms with E-state index in [1.54, 1.807) is 11.8 Å². The molecule has 0 aliphatic heterocycles. The molecular weight excluding hydrogens is 302 g/mol. The lowest BCUT2D eigenvalue weighted by Gasteiger charge is -2.10. The van der Waals surface area contributed by atoms with Crippen LogP contribution in [0.25, 0.3) is 11.1 Å². The third kappa shape index (κ3) is 4.44. The fourth-order valence-corrected chi connectivity index (χ4v) is 3.51. The van der Waals surface area contributed by atoms with Gasteiger partial charge >= 0.3 is 0 Å². The van der Waals surface area contributed by atoms with Crippen LogP contribution in [0.15, 0.2) is 53.4 Å². The molecule has 0 saturated heterocycles. The fourth-order valence-electron chi connectivity index (χ4n) is 2.08. The van der Waals surface area contributed by atoms with E-state index in [0.29, 0.717) is 5.75 Å². The first-order chi connectivity index (χ1) is 10.1. The molecule has 0 fully saturated rings. The van der Waals surface area contributed by atoms with Crippen LogP contribution in [0.3, 0.4) is 0 Å². The van der Waals surface area contributed by atoms with Crippen molar-refractivity contribution in [2.45, 2.75) is 10.6 Å². The second-order valence-electron chi connectivity index (χ2n) is 4.58. The normalized spacial score (nSPS) is 12.0. The molecule has 0 aliphatic carbocycles. The van der Waals surface area contributed by atoms with Crippen LogP contribution < -0.4 is 5.73 Å². The van der Waals surface area contributed by atoms with Crippen LogP contribution in [-0.2, 0) is 21.3 Å². The second-order valence-corrected chi connectivity index (χ2v) is 6.92. The minimum absolute atomic E-state index is 0.0975. The molecule has 2 aromatic rings. The summed E-state index contributed by atoms with van der Waals surface area (Å²) in [6.07, 6.45) is 2.04. The minimum Gasteiger partial charge on any atom is -0.369 e. The molecule has 110 valence electrons. The van der Waals surface area contributed by atoms with Gasteiger partial charge in [0.15, 0.2) is 0 Å². The molecule has 0 bridgehead atoms. The molecular formula is C16H17NO2S2. The van der Waals surface area contributed by atoms with Gasteiger partial charge in [0.05, 0.1) is 0 Å². The van der Waals surface area contributed by atoms with Crippen LogP contribution in [-0.4, -0.2) is 22.1 Å². The highest BCUT2D eigenvalue weighted by molar-refractivity contribution is 7.98. The molecule has 3 nitrogen and oxygen atoms in total. The molecule has 1 amide bonds. The predicted molar refractivity (Wildman–Crippen MR) is 89.6 cm³/mol. The molecule has 0 aliphatic rings. The van der Waals surface area contributed by atoms with Gasteiger partial charge in [0.1, 0.15) is 5.75 Å². The molecule has 5 heteroatoms. The Bertz CT molecular complexity index is 654. The number of carbonyl (C=O) groups is 1. The van der Waals surface area contributed by atoms with Gasteiger partial charge in [-0.1, -0.05) is 36.4 Å². The van der Waals surface area contributed by atoms with E-state index in [4.69, 9.17) is 5.73 Å². The zero-order valence-electron chi connectivity index (χ0n) is 11.7. The molecule has 0 spiro atoms. The van der Waals surface area contributed by atoms with Crippen molar-refractivity contribution in [3.63, 3.8) is 0 Å². The van der Waals surface area contributed by atoms with E-state index in [0.717, 1.165) is 16.7 Å². The topological polar surface area (TPSA) is 60.2 Å². The lowest BCUT2D eigenvalue weighted by molar-refractivity contribution is -0.115. The van der Waals surface area contributed by atoms with Gasteiger partial charge in [-0.3, -0.25) is 9.00 Å². The van der Waals surface area contributed by atoms with Gasteiger partial charge in [-0.05, 0) is 35.1 Å². The first kappa shape index (κ1) is 15.8. The number of rotatable bonds is 6. The zero-order valence-corrected chi connectivity index (χ0v) is 13.4. The summed E-state index contributed by atoms with van der Waals surface area (Å²) in [5, 5.41) is 0. The Kier molecular flexibility index (Phi) is 5.59. The summed E-state index contributed by atoms with van der Waals surface area (Å²) in [7, 11) is -1.27. The highest BCUT2D eigenvalue weighted by Gasteiger charge is 2.10. The fraction of sp³-hybridized carbons (Fsp3) is 0.188. The van der Waals surface area contributed by atoms with E-state index < -0.39 is 16.7 Å². The standard InChI is InChI=1S/C16H17NO2S2/c1-20-14-8-6-12(7-9-14)15-5-3-2-4-13(15)10-21(19)11-16(17)18/h2-9H,10-11H2,1H3,(H2,17,18)/t21-/m0/s1. The number of thioether (sulfide) groups is 1. The smallest absolute Gasteiger partial charge is 0.230 e. The summed E-state index contributed by atoms with van der Waals surface area (Å²) < 4.78 is 11.9. The lowest BCUT2D eigenvalue weighted by atomic mass is 10.0. The third-order valence-corrected chi connectivity index (χ3v) is 5.02. The Morgan fingerprint density at radius 2 is 1.81 bits per heavy atom. The summed E-state index contributed by atoms with van der Waals surface area (Å²) in [6.45, 7) is 0. The Balaban J connectivity index is 2.27. The van der Waals surface area contributed by atoms with Crippen LogP contribution in [0.2, 0.25) is 0 Å². The molecule has 0 heterocycles. The third-order valence-electron chi connectivity index (χ3n) is 3.04. The highest BCUT2D eigenvalue weighted by Crippen LogP contribution is 2.26. The molecule has 1 atom stereocenters. The number of carbonyl (C=O) groups excluding carboxylic acids is 1. The number of hydrogen-bond acceptors (Lipinski definition) is 3. The second kappa shape index (κ2) is 7.43. The lowest BCUT2D eigenvalue weighted by Crippen LogP contribution is -2.20. The quantitative estimate of drug-likeness (QED) is 0.833. The van der Waals surface area contributed by atoms with Crippen molar-refractivity contribution in [2.24, 2.45) is 5.73 Å². The maximum atomic E-state index is 11.9. The van der Waals surface area contributed by atoms with Crippen molar-refractivity contribution in [2.75, 3.05) is 12.0 Å². The minimum atomic E-state index is -1.27. The number of benzene rings is 2. The number of nitrogens with two attached hydrogens (primary N) is 1. The maximum absolute atomic E-state index is 11.9. The Hall–Kier alpha value is -1.59. The van der Waals surface area contributed by atoms with Gasteiger partial charge < -0.3 is 5.73 Å². The average Bonchev–Trinajstić information content (AvgIpc) is 2.47. The van der Waals surface area contributed by atoms with E-state index in [1.807, 2.05) is 30.5 Å². The van der Waals surface area contributed by atoms with E-state index in [-0.39, 0.29) is 5.75 Å². The Morgan fingerprint density at radius 3 is 2.43 bits per heavy atom. The summed E-state index contributed by atoms with van der Waals surface area (Å²) in [4.78, 5) is 12.1. The maximum Gasteiger partial charge on any atom is 0.230 e. The van der Waals surface area contributed by atoms with Gasteiger partial charge in [0.2, 0.25) is 5.91 Å². The number of amides is 1. The van der Waals surface area contributed by atoms with Gasteiger partial charge in [-0.25, -0.2) is 0 Å². The molecule has 2 N–H and O–H groups in total. The van der Waals surface area contributed by atoms with Crippen molar-refractivity contribution in [3.8, 4) is 11.1 Å². The molecule has 0 aromatic heterocycles. The zero-order chi connectivity index (χ0) is 15.2. The number of primary amides is 1. The first-order valence-corrected chi connectivity index (χ1v) is 9.17. The van der Waals surface area contributed by atoms with E-state index >= 15 is 0 Å². The van der Waals surface area contributed by atoms with Gasteiger partial charge in [-0.2, -0.15) is 0 Å². The predicted octanol–water partition coefficient (Wildman–Crippen LogP) is 2.81. The van der Waals surface area contributed by atoms with Crippen molar-refractivity contribution in [1.29, 1.82) is 0 Å². The largest absolute Gasteiger partial charge is 0.369 e. The van der Waals surface area contributed by atoms with E-state index in [2.05, 4.69) is 24.3 Å². The summed E-state index contributed by atoms with van der Waals surface area (Å²) in [5.74, 6) is -0.293. The summed E-state index contributed by atoms with van der Waals surface area (Å²) >= 11 is 1.69. The summed E-state index contributed by atoms with van der Waals surface area (Å²) in [6, 6.07) is 16.1. The van der Waals surface area contributed by atoms with Crippen molar-refractivity contribution in [1.82, 2.24) is 0 Å². The average molecular weight is 319 g/mol. The van der Waals surface area contributed by atoms with Gasteiger partial charge in [-0.15, -0.1) is 11.8 Å². The van der Waals surface area contributed by atoms with E-state index in [9.17, 15) is 9.00 Å². The molecule has 2 rings (SSSR count). The van der Waals surface area contributed by atoms with Crippen molar-refractivity contribution >= 4 is 28.5 Å². The van der Waals surface area contributed by atoms with Crippen molar-refractivity contribution in [3.05, 3.63) is 54.1 Å². The molecule has 0 saturated carbocycles. The Labute approximate surface area is 131 Å². The molecule has 2 aromatic carbocycles. The summed E-state index contributed by atoms with van der Waals surface area (Å²) in [5.41, 5.74) is 8.19. The van der Waals surface area contributed by atoms with Crippen LogP contribution in [0.5, 0.6) is 0 Å². The van der Waals surface area contributed by atoms with Crippen LogP contribution in [0.1, 0.15) is 5.56 Å². The van der Waals surface area contributed by atoms with Crippen LogP contribution >= 0.6 is 11.8 Å². The van der Waals surface area contributed by atoms with Gasteiger partial charge in [0.25, 0.3) is 0 Å². The molecule has 21 heavy (non-hydrogen) atoms. The molecule has 0 unspecified atom stereocenters. The monoisotopic (exact) mass is 319 g/mol. The highest BCUT2D eigenvalue weighted by atomic mass is 32.2.